The van der Waals surface area contributed by atoms with Crippen molar-refractivity contribution in [1.29, 1.82) is 5.26 Å². The smallest absolute Gasteiger partial charge is 0.161 e. The number of nitrogens with two attached hydrogens (primary N) is 1. The first-order valence-corrected chi connectivity index (χ1v) is 4.10. The zero-order valence-electron chi connectivity index (χ0n) is 7.84. The molecule has 1 aromatic carbocycles. The molecule has 1 rings (SSSR count). The van der Waals surface area contributed by atoms with Crippen molar-refractivity contribution in [1.82, 2.24) is 0 Å². The molecular formula is C10H11N3O. The molecule has 0 bridgehead atoms. The van der Waals surface area contributed by atoms with Gasteiger partial charge in [-0.1, -0.05) is 35.5 Å². The summed E-state index contributed by atoms with van der Waals surface area (Å²) in [6.45, 7) is 0. The van der Waals surface area contributed by atoms with Crippen molar-refractivity contribution in [3.63, 3.8) is 0 Å². The Morgan fingerprint density at radius 1 is 1.50 bits per heavy atom. The fourth-order valence-corrected chi connectivity index (χ4v) is 1.12. The minimum Gasteiger partial charge on any atom is -0.398 e. The Morgan fingerprint density at radius 2 is 2.14 bits per heavy atom. The summed E-state index contributed by atoms with van der Waals surface area (Å²) < 4.78 is 0. The molecule has 2 N–H and O–H groups in total. The van der Waals surface area contributed by atoms with Gasteiger partial charge in [-0.15, -0.1) is 0 Å². The lowest BCUT2D eigenvalue weighted by molar-refractivity contribution is 0.212. The normalized spacial score (nSPS) is 13.0. The summed E-state index contributed by atoms with van der Waals surface area (Å²) in [4.78, 5) is 4.52. The van der Waals surface area contributed by atoms with Crippen LogP contribution in [0.25, 0.3) is 0 Å². The van der Waals surface area contributed by atoms with Crippen LogP contribution in [0.15, 0.2) is 35.5 Å². The molecule has 0 heterocycles. The highest BCUT2D eigenvalue weighted by Crippen LogP contribution is 2.14. The van der Waals surface area contributed by atoms with E-state index in [9.17, 15) is 0 Å². The SMILES string of the molecule is CON=C(N)C(C#N)c1ccccc1. The average Bonchev–Trinajstić information content (AvgIpc) is 2.21. The van der Waals surface area contributed by atoms with Crippen LogP contribution in [0.3, 0.4) is 0 Å². The number of hydrogen-bond acceptors (Lipinski definition) is 3. The number of hydrogen-bond donors (Lipinski definition) is 1. The zero-order chi connectivity index (χ0) is 10.4. The summed E-state index contributed by atoms with van der Waals surface area (Å²) in [5.74, 6) is -0.377. The summed E-state index contributed by atoms with van der Waals surface area (Å²) in [7, 11) is 1.40. The molecule has 4 nitrogen and oxygen atoms in total. The summed E-state index contributed by atoms with van der Waals surface area (Å²) in [5.41, 5.74) is 6.39. The van der Waals surface area contributed by atoms with E-state index in [1.807, 2.05) is 30.3 Å². The van der Waals surface area contributed by atoms with Crippen LogP contribution in [0.5, 0.6) is 0 Å². The molecular weight excluding hydrogens is 178 g/mol. The van der Waals surface area contributed by atoms with Crippen molar-refractivity contribution in [2.24, 2.45) is 10.9 Å². The number of rotatable bonds is 3. The summed E-state index contributed by atoms with van der Waals surface area (Å²) in [6.07, 6.45) is 0. The van der Waals surface area contributed by atoms with E-state index < -0.39 is 5.92 Å². The lowest BCUT2D eigenvalue weighted by Gasteiger charge is -2.07. The monoisotopic (exact) mass is 189 g/mol. The Bertz CT molecular complexity index is 353. The number of amidine groups is 1. The molecule has 0 radical (unpaired) electrons. The van der Waals surface area contributed by atoms with Crippen molar-refractivity contribution in [2.75, 3.05) is 7.11 Å². The number of nitriles is 1. The molecule has 1 aromatic rings. The number of nitrogens with zero attached hydrogens (tertiary/aromatic N) is 2. The van der Waals surface area contributed by atoms with Gasteiger partial charge in [0.25, 0.3) is 0 Å². The predicted molar refractivity (Wildman–Crippen MR) is 53.4 cm³/mol. The van der Waals surface area contributed by atoms with Gasteiger partial charge in [-0.05, 0) is 5.56 Å². The van der Waals surface area contributed by atoms with Gasteiger partial charge in [-0.3, -0.25) is 0 Å². The van der Waals surface area contributed by atoms with E-state index in [1.165, 1.54) is 7.11 Å². The Hall–Kier alpha value is -2.02. The topological polar surface area (TPSA) is 71.4 Å². The highest BCUT2D eigenvalue weighted by Gasteiger charge is 2.14. The van der Waals surface area contributed by atoms with Crippen molar-refractivity contribution in [3.8, 4) is 6.07 Å². The van der Waals surface area contributed by atoms with Crippen LogP contribution in [-0.4, -0.2) is 12.9 Å². The highest BCUT2D eigenvalue weighted by molar-refractivity contribution is 5.89. The summed E-state index contributed by atoms with van der Waals surface area (Å²) >= 11 is 0. The zero-order valence-corrected chi connectivity index (χ0v) is 7.84. The molecule has 0 saturated carbocycles. The van der Waals surface area contributed by atoms with E-state index in [-0.39, 0.29) is 5.84 Å². The largest absolute Gasteiger partial charge is 0.398 e. The van der Waals surface area contributed by atoms with E-state index in [2.05, 4.69) is 16.1 Å². The lowest BCUT2D eigenvalue weighted by atomic mass is 10.00. The van der Waals surface area contributed by atoms with Crippen molar-refractivity contribution in [3.05, 3.63) is 35.9 Å². The van der Waals surface area contributed by atoms with Gasteiger partial charge in [0, 0.05) is 0 Å². The molecule has 4 heteroatoms. The van der Waals surface area contributed by atoms with Crippen molar-refractivity contribution >= 4 is 5.84 Å². The molecule has 0 saturated heterocycles. The molecule has 0 amide bonds. The molecule has 0 aromatic heterocycles. The van der Waals surface area contributed by atoms with E-state index in [1.54, 1.807) is 0 Å². The maximum atomic E-state index is 8.91. The van der Waals surface area contributed by atoms with Gasteiger partial charge in [-0.2, -0.15) is 5.26 Å². The van der Waals surface area contributed by atoms with Crippen LogP contribution in [0, 0.1) is 11.3 Å². The van der Waals surface area contributed by atoms with Gasteiger partial charge in [0.15, 0.2) is 5.84 Å². The standard InChI is InChI=1S/C10H11N3O/c1-14-13-10(12)9(7-11)8-5-3-2-4-6-8/h2-6,9H,1H3,(H2,12,13). The summed E-state index contributed by atoms with van der Waals surface area (Å²) in [6, 6.07) is 11.3. The Labute approximate surface area is 82.6 Å². The second-order valence-electron chi connectivity index (χ2n) is 2.67. The number of oxime groups is 1. The first kappa shape index (κ1) is 10.1. The molecule has 0 aliphatic heterocycles. The van der Waals surface area contributed by atoms with E-state index >= 15 is 0 Å². The van der Waals surface area contributed by atoms with E-state index in [4.69, 9.17) is 11.0 Å². The number of benzene rings is 1. The first-order valence-electron chi connectivity index (χ1n) is 4.10. The minimum atomic E-state index is -0.545. The lowest BCUT2D eigenvalue weighted by Crippen LogP contribution is -2.21. The van der Waals surface area contributed by atoms with Crippen LogP contribution < -0.4 is 5.73 Å². The highest BCUT2D eigenvalue weighted by atomic mass is 16.6. The molecule has 0 spiro atoms. The van der Waals surface area contributed by atoms with Crippen molar-refractivity contribution in [2.45, 2.75) is 5.92 Å². The molecule has 0 aliphatic rings. The summed E-state index contributed by atoms with van der Waals surface area (Å²) in [5, 5.41) is 12.5. The van der Waals surface area contributed by atoms with Gasteiger partial charge in [0.2, 0.25) is 0 Å². The molecule has 72 valence electrons. The van der Waals surface area contributed by atoms with E-state index in [0.717, 1.165) is 5.56 Å². The molecule has 0 aliphatic carbocycles. The first-order chi connectivity index (χ1) is 6.79. The van der Waals surface area contributed by atoms with Gasteiger partial charge in [-0.25, -0.2) is 0 Å². The maximum Gasteiger partial charge on any atom is 0.161 e. The third-order valence-corrected chi connectivity index (χ3v) is 1.75. The van der Waals surface area contributed by atoms with Gasteiger partial charge >= 0.3 is 0 Å². The van der Waals surface area contributed by atoms with Crippen LogP contribution in [0.4, 0.5) is 0 Å². The van der Waals surface area contributed by atoms with E-state index in [0.29, 0.717) is 0 Å². The van der Waals surface area contributed by atoms with Crippen LogP contribution in [0.2, 0.25) is 0 Å². The Morgan fingerprint density at radius 3 is 2.64 bits per heavy atom. The third-order valence-electron chi connectivity index (χ3n) is 1.75. The second kappa shape index (κ2) is 4.87. The second-order valence-corrected chi connectivity index (χ2v) is 2.67. The predicted octanol–water partition coefficient (Wildman–Crippen LogP) is 1.21. The van der Waals surface area contributed by atoms with Gasteiger partial charge in [0.1, 0.15) is 13.0 Å². The minimum absolute atomic E-state index is 0.168. The fourth-order valence-electron chi connectivity index (χ4n) is 1.12. The average molecular weight is 189 g/mol. The van der Waals surface area contributed by atoms with Crippen LogP contribution in [-0.2, 0) is 4.84 Å². The molecule has 1 atom stereocenters. The van der Waals surface area contributed by atoms with Gasteiger partial charge < -0.3 is 10.6 Å². The molecule has 1 unspecified atom stereocenters. The van der Waals surface area contributed by atoms with Crippen molar-refractivity contribution < 1.29 is 4.84 Å². The Balaban J connectivity index is 2.95. The molecule has 0 fully saturated rings. The maximum absolute atomic E-state index is 8.91. The quantitative estimate of drug-likeness (QED) is 0.441. The van der Waals surface area contributed by atoms with Crippen LogP contribution in [0.1, 0.15) is 11.5 Å². The molecule has 14 heavy (non-hydrogen) atoms. The van der Waals surface area contributed by atoms with Crippen LogP contribution >= 0.6 is 0 Å². The van der Waals surface area contributed by atoms with Gasteiger partial charge in [0.05, 0.1) is 6.07 Å². The third kappa shape index (κ3) is 2.23. The fraction of sp³-hybridized carbons (Fsp3) is 0.200. The Kier molecular flexibility index (Phi) is 3.50.